The third-order valence-corrected chi connectivity index (χ3v) is 3.89. The van der Waals surface area contributed by atoms with Crippen LogP contribution in [-0.4, -0.2) is 43.8 Å². The van der Waals surface area contributed by atoms with Gasteiger partial charge in [-0.15, -0.1) is 5.10 Å². The minimum absolute atomic E-state index is 0.476. The maximum absolute atomic E-state index is 10.6. The predicted molar refractivity (Wildman–Crippen MR) is 75.7 cm³/mol. The summed E-state index contributed by atoms with van der Waals surface area (Å²) >= 11 is 5.98. The van der Waals surface area contributed by atoms with E-state index >= 15 is 0 Å². The van der Waals surface area contributed by atoms with Gasteiger partial charge in [0.1, 0.15) is 5.82 Å². The Hall–Kier alpha value is -1.66. The molecule has 0 bridgehead atoms. The number of rotatable bonds is 3. The number of halogens is 1. The van der Waals surface area contributed by atoms with Crippen LogP contribution < -0.4 is 4.90 Å². The SMILES string of the molecule is OC1(Cn2ccnn2)CCN(c2cc(Cl)ccn2)CC1. The van der Waals surface area contributed by atoms with Gasteiger partial charge in [-0.1, -0.05) is 16.8 Å². The summed E-state index contributed by atoms with van der Waals surface area (Å²) in [4.78, 5) is 6.46. The Kier molecular flexibility index (Phi) is 3.58. The fourth-order valence-electron chi connectivity index (χ4n) is 2.50. The summed E-state index contributed by atoms with van der Waals surface area (Å²) in [6.45, 7) is 1.97. The van der Waals surface area contributed by atoms with Crippen LogP contribution in [0.15, 0.2) is 30.7 Å². The summed E-state index contributed by atoms with van der Waals surface area (Å²) in [6.07, 6.45) is 6.42. The molecular formula is C13H16ClN5O. The van der Waals surface area contributed by atoms with Crippen molar-refractivity contribution in [2.75, 3.05) is 18.0 Å². The molecule has 1 N–H and O–H groups in total. The molecule has 6 nitrogen and oxygen atoms in total. The first-order valence-electron chi connectivity index (χ1n) is 6.58. The normalized spacial score (nSPS) is 18.2. The summed E-state index contributed by atoms with van der Waals surface area (Å²) in [5.41, 5.74) is -0.733. The number of aliphatic hydroxyl groups is 1. The molecule has 0 aromatic carbocycles. The molecule has 0 spiro atoms. The van der Waals surface area contributed by atoms with E-state index in [-0.39, 0.29) is 0 Å². The van der Waals surface area contributed by atoms with Crippen LogP contribution in [0.25, 0.3) is 0 Å². The second-order valence-corrected chi connectivity index (χ2v) is 5.58. The van der Waals surface area contributed by atoms with Gasteiger partial charge in [0, 0.05) is 30.5 Å². The third kappa shape index (κ3) is 2.91. The lowest BCUT2D eigenvalue weighted by Crippen LogP contribution is -2.47. The minimum atomic E-state index is -0.733. The number of anilines is 1. The summed E-state index contributed by atoms with van der Waals surface area (Å²) < 4.78 is 1.67. The zero-order chi connectivity index (χ0) is 14.0. The van der Waals surface area contributed by atoms with Gasteiger partial charge in [-0.2, -0.15) is 0 Å². The van der Waals surface area contributed by atoms with E-state index in [4.69, 9.17) is 11.6 Å². The minimum Gasteiger partial charge on any atom is -0.388 e. The number of hydrogen-bond acceptors (Lipinski definition) is 5. The van der Waals surface area contributed by atoms with Crippen molar-refractivity contribution in [3.05, 3.63) is 35.7 Å². The van der Waals surface area contributed by atoms with Crippen LogP contribution in [0.4, 0.5) is 5.82 Å². The second-order valence-electron chi connectivity index (χ2n) is 5.14. The van der Waals surface area contributed by atoms with Crippen molar-refractivity contribution in [2.45, 2.75) is 25.0 Å². The average molecular weight is 294 g/mol. The van der Waals surface area contributed by atoms with Crippen LogP contribution in [0.1, 0.15) is 12.8 Å². The van der Waals surface area contributed by atoms with Gasteiger partial charge in [-0.25, -0.2) is 9.67 Å². The van der Waals surface area contributed by atoms with Crippen LogP contribution in [0.5, 0.6) is 0 Å². The van der Waals surface area contributed by atoms with Crippen LogP contribution in [0.3, 0.4) is 0 Å². The first-order chi connectivity index (χ1) is 9.65. The molecule has 0 aliphatic carbocycles. The van der Waals surface area contributed by atoms with E-state index in [0.29, 0.717) is 24.4 Å². The van der Waals surface area contributed by atoms with Gasteiger partial charge in [0.15, 0.2) is 0 Å². The van der Waals surface area contributed by atoms with Gasteiger partial charge < -0.3 is 10.0 Å². The molecule has 3 heterocycles. The summed E-state index contributed by atoms with van der Waals surface area (Å²) in [5.74, 6) is 0.861. The zero-order valence-corrected chi connectivity index (χ0v) is 11.7. The second kappa shape index (κ2) is 5.38. The quantitative estimate of drug-likeness (QED) is 0.925. The van der Waals surface area contributed by atoms with Gasteiger partial charge in [-0.3, -0.25) is 0 Å². The van der Waals surface area contributed by atoms with E-state index in [1.54, 1.807) is 29.3 Å². The van der Waals surface area contributed by atoms with E-state index in [0.717, 1.165) is 18.9 Å². The topological polar surface area (TPSA) is 67.1 Å². The molecule has 106 valence electrons. The highest BCUT2D eigenvalue weighted by atomic mass is 35.5. The first-order valence-corrected chi connectivity index (χ1v) is 6.95. The average Bonchev–Trinajstić information content (AvgIpc) is 2.92. The van der Waals surface area contributed by atoms with Crippen LogP contribution in [0.2, 0.25) is 5.02 Å². The van der Waals surface area contributed by atoms with Gasteiger partial charge >= 0.3 is 0 Å². The van der Waals surface area contributed by atoms with E-state index in [1.807, 2.05) is 6.07 Å². The number of aromatic nitrogens is 4. The zero-order valence-electron chi connectivity index (χ0n) is 11.0. The van der Waals surface area contributed by atoms with Crippen LogP contribution in [-0.2, 0) is 6.54 Å². The molecule has 2 aromatic rings. The first kappa shape index (κ1) is 13.3. The molecule has 0 unspecified atom stereocenters. The Balaban J connectivity index is 1.64. The predicted octanol–water partition coefficient (Wildman–Crippen LogP) is 1.36. The van der Waals surface area contributed by atoms with Gasteiger partial charge in [0.05, 0.1) is 18.3 Å². The highest BCUT2D eigenvalue weighted by Gasteiger charge is 2.33. The fourth-order valence-corrected chi connectivity index (χ4v) is 2.65. The van der Waals surface area contributed by atoms with E-state index in [2.05, 4.69) is 20.2 Å². The van der Waals surface area contributed by atoms with Gasteiger partial charge in [0.25, 0.3) is 0 Å². The Morgan fingerprint density at radius 1 is 1.30 bits per heavy atom. The fraction of sp³-hybridized carbons (Fsp3) is 0.462. The maximum Gasteiger partial charge on any atom is 0.129 e. The molecule has 20 heavy (non-hydrogen) atoms. The van der Waals surface area contributed by atoms with Gasteiger partial charge in [-0.05, 0) is 25.0 Å². The summed E-state index contributed by atoms with van der Waals surface area (Å²) in [7, 11) is 0. The Bertz CT molecular complexity index is 566. The molecular weight excluding hydrogens is 278 g/mol. The molecule has 2 aromatic heterocycles. The Labute approximate surface area is 122 Å². The number of hydrogen-bond donors (Lipinski definition) is 1. The van der Waals surface area contributed by atoms with Crippen molar-refractivity contribution in [3.8, 4) is 0 Å². The summed E-state index contributed by atoms with van der Waals surface area (Å²) in [6, 6.07) is 3.61. The van der Waals surface area contributed by atoms with Crippen molar-refractivity contribution >= 4 is 17.4 Å². The van der Waals surface area contributed by atoms with E-state index in [1.165, 1.54) is 0 Å². The molecule has 0 saturated carbocycles. The molecule has 0 amide bonds. The largest absolute Gasteiger partial charge is 0.388 e. The number of piperidine rings is 1. The standard InChI is InChI=1S/C13H16ClN5O/c14-11-1-4-15-12(9-11)18-6-2-13(20,3-7-18)10-19-8-5-16-17-19/h1,4-5,8-9,20H,2-3,6-7,10H2. The molecule has 1 saturated heterocycles. The molecule has 1 aliphatic rings. The van der Waals surface area contributed by atoms with Crippen molar-refractivity contribution < 1.29 is 5.11 Å². The molecule has 0 radical (unpaired) electrons. The Morgan fingerprint density at radius 2 is 2.10 bits per heavy atom. The summed E-state index contributed by atoms with van der Waals surface area (Å²) in [5, 5.41) is 18.9. The lowest BCUT2D eigenvalue weighted by Gasteiger charge is -2.38. The number of nitrogens with zero attached hydrogens (tertiary/aromatic N) is 5. The Morgan fingerprint density at radius 3 is 2.75 bits per heavy atom. The van der Waals surface area contributed by atoms with Crippen molar-refractivity contribution in [3.63, 3.8) is 0 Å². The van der Waals surface area contributed by atoms with Crippen molar-refractivity contribution in [2.24, 2.45) is 0 Å². The third-order valence-electron chi connectivity index (χ3n) is 3.65. The number of pyridine rings is 1. The molecule has 7 heteroatoms. The highest BCUT2D eigenvalue weighted by molar-refractivity contribution is 6.30. The van der Waals surface area contributed by atoms with Crippen molar-refractivity contribution in [1.82, 2.24) is 20.0 Å². The lowest BCUT2D eigenvalue weighted by molar-refractivity contribution is -0.00355. The van der Waals surface area contributed by atoms with Crippen molar-refractivity contribution in [1.29, 1.82) is 0 Å². The maximum atomic E-state index is 10.6. The monoisotopic (exact) mass is 293 g/mol. The van der Waals surface area contributed by atoms with E-state index < -0.39 is 5.60 Å². The van der Waals surface area contributed by atoms with Crippen LogP contribution >= 0.6 is 11.6 Å². The highest BCUT2D eigenvalue weighted by Crippen LogP contribution is 2.27. The van der Waals surface area contributed by atoms with E-state index in [9.17, 15) is 5.11 Å². The van der Waals surface area contributed by atoms with Gasteiger partial charge in [0.2, 0.25) is 0 Å². The van der Waals surface area contributed by atoms with Crippen LogP contribution in [0, 0.1) is 0 Å². The molecule has 1 fully saturated rings. The smallest absolute Gasteiger partial charge is 0.129 e. The lowest BCUT2D eigenvalue weighted by atomic mass is 9.91. The molecule has 3 rings (SSSR count). The molecule has 1 aliphatic heterocycles. The molecule has 0 atom stereocenters.